The van der Waals surface area contributed by atoms with Gasteiger partial charge in [0.1, 0.15) is 17.5 Å². The van der Waals surface area contributed by atoms with Gasteiger partial charge in [-0.05, 0) is 35.5 Å². The number of rotatable bonds is 3. The zero-order valence-electron chi connectivity index (χ0n) is 13.9. The first kappa shape index (κ1) is 17.2. The Bertz CT molecular complexity index is 904. The molecule has 7 heteroatoms. The largest absolute Gasteiger partial charge is 0.463 e. The highest BCUT2D eigenvalue weighted by molar-refractivity contribution is 8.02. The summed E-state index contributed by atoms with van der Waals surface area (Å²) >= 11 is 7.89. The number of nitrogens with one attached hydrogen (secondary N) is 1. The molecule has 1 saturated heterocycles. The molecule has 2 aliphatic heterocycles. The maximum atomic E-state index is 12.8. The van der Waals surface area contributed by atoms with Crippen molar-refractivity contribution in [2.75, 3.05) is 12.5 Å². The molecule has 2 aliphatic rings. The summed E-state index contributed by atoms with van der Waals surface area (Å²) in [6.45, 7) is 1.26. The zero-order chi connectivity index (χ0) is 18.1. The van der Waals surface area contributed by atoms with E-state index in [0.29, 0.717) is 23.8 Å². The number of hydrogen-bond donors (Lipinski definition) is 1. The standard InChI is InChI=1S/C19H16ClN3O2S/c20-17-6-2-1-5-14(17)15-8-18(24)23-11-22(10-13-4-3-7-25-13)12-26-19(23)16(15)9-21/h1-7,15H,8,10-12H2/p+1/t15-/m1/s1. The summed E-state index contributed by atoms with van der Waals surface area (Å²) in [5, 5.41) is 11.2. The van der Waals surface area contributed by atoms with Crippen molar-refractivity contribution in [1.82, 2.24) is 4.90 Å². The number of allylic oxidation sites excluding steroid dienone is 1. The lowest BCUT2D eigenvalue weighted by molar-refractivity contribution is -0.911. The van der Waals surface area contributed by atoms with Crippen LogP contribution in [0.2, 0.25) is 5.02 Å². The van der Waals surface area contributed by atoms with Crippen LogP contribution in [0.25, 0.3) is 0 Å². The minimum absolute atomic E-state index is 0.0352. The summed E-state index contributed by atoms with van der Waals surface area (Å²) in [5.74, 6) is 1.44. The van der Waals surface area contributed by atoms with Crippen LogP contribution in [0.4, 0.5) is 0 Å². The van der Waals surface area contributed by atoms with Crippen molar-refractivity contribution in [3.8, 4) is 6.07 Å². The van der Waals surface area contributed by atoms with Gasteiger partial charge in [-0.2, -0.15) is 5.26 Å². The molecule has 0 spiro atoms. The third kappa shape index (κ3) is 3.14. The molecular formula is C19H17ClN3O2S+. The van der Waals surface area contributed by atoms with Crippen molar-refractivity contribution in [2.24, 2.45) is 0 Å². The number of nitrogens with zero attached hydrogens (tertiary/aromatic N) is 2. The van der Waals surface area contributed by atoms with Crippen molar-refractivity contribution in [3.05, 3.63) is 69.6 Å². The Morgan fingerprint density at radius 2 is 2.19 bits per heavy atom. The number of furan rings is 1. The average molecular weight is 387 g/mol. The smallest absolute Gasteiger partial charge is 0.232 e. The van der Waals surface area contributed by atoms with E-state index in [9.17, 15) is 10.1 Å². The fourth-order valence-electron chi connectivity index (χ4n) is 3.47. The van der Waals surface area contributed by atoms with E-state index in [2.05, 4.69) is 6.07 Å². The van der Waals surface area contributed by atoms with Crippen LogP contribution >= 0.6 is 23.4 Å². The van der Waals surface area contributed by atoms with Crippen molar-refractivity contribution in [1.29, 1.82) is 5.26 Å². The summed E-state index contributed by atoms with van der Waals surface area (Å²) in [4.78, 5) is 15.8. The van der Waals surface area contributed by atoms with Crippen molar-refractivity contribution in [3.63, 3.8) is 0 Å². The molecule has 4 rings (SSSR count). The Morgan fingerprint density at radius 1 is 1.35 bits per heavy atom. The summed E-state index contributed by atoms with van der Waals surface area (Å²) < 4.78 is 5.42. The number of benzene rings is 1. The molecule has 1 aromatic heterocycles. The van der Waals surface area contributed by atoms with Gasteiger partial charge in [-0.3, -0.25) is 9.69 Å². The second kappa shape index (κ2) is 7.20. The fourth-order valence-corrected chi connectivity index (χ4v) is 4.93. The van der Waals surface area contributed by atoms with Gasteiger partial charge in [-0.15, -0.1) is 0 Å². The Kier molecular flexibility index (Phi) is 4.77. The number of nitriles is 1. The van der Waals surface area contributed by atoms with E-state index >= 15 is 0 Å². The highest BCUT2D eigenvalue weighted by atomic mass is 35.5. The van der Waals surface area contributed by atoms with Gasteiger partial charge in [0.2, 0.25) is 5.91 Å². The van der Waals surface area contributed by atoms with Crippen LogP contribution in [0.3, 0.4) is 0 Å². The van der Waals surface area contributed by atoms with E-state index in [1.807, 2.05) is 30.3 Å². The molecule has 5 nitrogen and oxygen atoms in total. The maximum absolute atomic E-state index is 12.8. The summed E-state index contributed by atoms with van der Waals surface area (Å²) in [7, 11) is 0. The topological polar surface area (TPSA) is 61.7 Å². The van der Waals surface area contributed by atoms with Gasteiger partial charge in [-0.25, -0.2) is 0 Å². The third-order valence-electron chi connectivity index (χ3n) is 4.70. The molecule has 0 aliphatic carbocycles. The van der Waals surface area contributed by atoms with Crippen LogP contribution in [0.5, 0.6) is 0 Å². The first-order valence-corrected chi connectivity index (χ1v) is 9.71. The Labute approximate surface area is 160 Å². The molecule has 2 atom stereocenters. The van der Waals surface area contributed by atoms with Gasteiger partial charge in [0, 0.05) is 17.4 Å². The molecule has 1 N–H and O–H groups in total. The number of hydrogen-bond acceptors (Lipinski definition) is 4. The van der Waals surface area contributed by atoms with Crippen LogP contribution in [0, 0.1) is 11.3 Å². The van der Waals surface area contributed by atoms with Crippen molar-refractivity contribution in [2.45, 2.75) is 18.9 Å². The quantitative estimate of drug-likeness (QED) is 0.881. The summed E-state index contributed by atoms with van der Waals surface area (Å²) in [6.07, 6.45) is 1.93. The van der Waals surface area contributed by atoms with Crippen LogP contribution in [0.1, 0.15) is 23.7 Å². The van der Waals surface area contributed by atoms with E-state index in [1.165, 1.54) is 4.90 Å². The van der Waals surface area contributed by atoms with Gasteiger partial charge in [-0.1, -0.05) is 29.8 Å². The number of halogens is 1. The molecule has 1 amide bonds. The molecule has 0 saturated carbocycles. The van der Waals surface area contributed by atoms with Gasteiger partial charge in [0.05, 0.1) is 17.9 Å². The lowest BCUT2D eigenvalue weighted by Crippen LogP contribution is -3.12. The number of thioether (sulfide) groups is 1. The van der Waals surface area contributed by atoms with Crippen molar-refractivity contribution >= 4 is 29.3 Å². The van der Waals surface area contributed by atoms with Gasteiger partial charge in [0.25, 0.3) is 0 Å². The number of amides is 1. The molecule has 132 valence electrons. The highest BCUT2D eigenvalue weighted by Crippen LogP contribution is 2.42. The molecule has 2 aromatic rings. The van der Waals surface area contributed by atoms with Crippen LogP contribution < -0.4 is 4.90 Å². The van der Waals surface area contributed by atoms with E-state index in [0.717, 1.165) is 22.2 Å². The SMILES string of the molecule is N#CC1=C2SC[NH+](Cc3ccco3)CN2C(=O)C[C@@H]1c1ccccc1Cl. The first-order chi connectivity index (χ1) is 12.7. The molecule has 0 bridgehead atoms. The summed E-state index contributed by atoms with van der Waals surface area (Å²) in [5.41, 5.74) is 1.48. The molecule has 26 heavy (non-hydrogen) atoms. The van der Waals surface area contributed by atoms with Crippen LogP contribution in [-0.4, -0.2) is 23.4 Å². The van der Waals surface area contributed by atoms with E-state index in [1.54, 1.807) is 29.0 Å². The van der Waals surface area contributed by atoms with E-state index in [-0.39, 0.29) is 18.2 Å². The summed E-state index contributed by atoms with van der Waals surface area (Å²) in [6, 6.07) is 13.6. The van der Waals surface area contributed by atoms with Gasteiger partial charge >= 0.3 is 0 Å². The number of quaternary nitrogens is 1. The minimum Gasteiger partial charge on any atom is -0.463 e. The molecule has 0 radical (unpaired) electrons. The van der Waals surface area contributed by atoms with E-state index in [4.69, 9.17) is 16.0 Å². The minimum atomic E-state index is -0.272. The van der Waals surface area contributed by atoms with E-state index < -0.39 is 0 Å². The Hall–Kier alpha value is -2.20. The zero-order valence-corrected chi connectivity index (χ0v) is 15.5. The maximum Gasteiger partial charge on any atom is 0.232 e. The fraction of sp³-hybridized carbons (Fsp3) is 0.263. The number of carbonyl (C=O) groups is 1. The molecule has 1 aromatic carbocycles. The predicted molar refractivity (Wildman–Crippen MR) is 99.0 cm³/mol. The number of fused-ring (bicyclic) bond motifs is 1. The highest BCUT2D eigenvalue weighted by Gasteiger charge is 2.40. The number of carbonyl (C=O) groups excluding carboxylic acids is 1. The molecule has 3 heterocycles. The van der Waals surface area contributed by atoms with Crippen LogP contribution in [0.15, 0.2) is 57.7 Å². The monoisotopic (exact) mass is 386 g/mol. The van der Waals surface area contributed by atoms with Crippen molar-refractivity contribution < 1.29 is 14.1 Å². The van der Waals surface area contributed by atoms with Crippen LogP contribution in [-0.2, 0) is 11.3 Å². The lowest BCUT2D eigenvalue weighted by Gasteiger charge is -2.38. The normalized spacial score (nSPS) is 22.9. The average Bonchev–Trinajstić information content (AvgIpc) is 3.15. The third-order valence-corrected chi connectivity index (χ3v) is 6.31. The Balaban J connectivity index is 1.63. The second-order valence-corrected chi connectivity index (χ2v) is 7.75. The Morgan fingerprint density at radius 3 is 2.92 bits per heavy atom. The van der Waals surface area contributed by atoms with Gasteiger partial charge in [0.15, 0.2) is 12.4 Å². The molecular weight excluding hydrogens is 370 g/mol. The lowest BCUT2D eigenvalue weighted by atomic mass is 9.86. The first-order valence-electron chi connectivity index (χ1n) is 8.35. The van der Waals surface area contributed by atoms with Gasteiger partial charge < -0.3 is 9.32 Å². The predicted octanol–water partition coefficient (Wildman–Crippen LogP) is 2.73. The second-order valence-electron chi connectivity index (χ2n) is 6.38. The molecule has 1 unspecified atom stereocenters. The molecule has 1 fully saturated rings.